The third-order valence-electron chi connectivity index (χ3n) is 8.04. The van der Waals surface area contributed by atoms with Gasteiger partial charge in [0.25, 0.3) is 0 Å². The van der Waals surface area contributed by atoms with E-state index in [1.807, 2.05) is 25.3 Å². The quantitative estimate of drug-likeness (QED) is 0.0664. The third-order valence-corrected chi connectivity index (χ3v) is 11.6. The van der Waals surface area contributed by atoms with Crippen molar-refractivity contribution in [2.45, 2.75) is 155 Å². The van der Waals surface area contributed by atoms with Crippen molar-refractivity contribution in [3.63, 3.8) is 0 Å². The number of nitrogens with one attached hydrogen (secondary N) is 1. The van der Waals surface area contributed by atoms with E-state index in [4.69, 9.17) is 15.2 Å². The number of unbranched alkanes of at least 4 members (excludes halogenated alkanes) is 13. The number of anilines is 1. The molecule has 3 atom stereocenters. The number of imidazole rings is 1. The molecular weight excluding hydrogens is 619 g/mol. The number of hydrogen-bond donors (Lipinski definition) is 2. The van der Waals surface area contributed by atoms with Gasteiger partial charge in [-0.2, -0.15) is 0 Å². The van der Waals surface area contributed by atoms with Gasteiger partial charge in [-0.1, -0.05) is 116 Å². The Labute approximate surface area is 283 Å². The molecule has 3 N–H and O–H groups in total. The summed E-state index contributed by atoms with van der Waals surface area (Å²) in [6.45, 7) is 11.7. The van der Waals surface area contributed by atoms with Gasteiger partial charge in [-0.05, 0) is 26.7 Å². The SMILES string of the molecule is CCCCCCCCCCCCCCCCOCCCP(=O)(COC(C)Cn1cnc2c(N)ncnc21)NC(C)C(=O)SC(C)C. The first-order valence-corrected chi connectivity index (χ1v) is 20.8. The zero-order valence-electron chi connectivity index (χ0n) is 29.4. The highest BCUT2D eigenvalue weighted by atomic mass is 32.2. The fourth-order valence-electron chi connectivity index (χ4n) is 5.44. The zero-order chi connectivity index (χ0) is 33.6. The Hall–Kier alpha value is -1.52. The monoisotopic (exact) mass is 682 g/mol. The predicted molar refractivity (Wildman–Crippen MR) is 194 cm³/mol. The maximum absolute atomic E-state index is 14.0. The highest BCUT2D eigenvalue weighted by Crippen LogP contribution is 2.43. The number of nitrogens with zero attached hydrogens (tertiary/aromatic N) is 4. The summed E-state index contributed by atoms with van der Waals surface area (Å²) in [5, 5.41) is 3.31. The largest absolute Gasteiger partial charge is 0.382 e. The fraction of sp³-hybridized carbons (Fsp3) is 0.824. The van der Waals surface area contributed by atoms with Gasteiger partial charge < -0.3 is 24.3 Å². The van der Waals surface area contributed by atoms with Crippen LogP contribution in [0.25, 0.3) is 11.2 Å². The first-order valence-electron chi connectivity index (χ1n) is 17.8. The molecular formula is C34H63N6O4PS. The predicted octanol–water partition coefficient (Wildman–Crippen LogP) is 8.58. The summed E-state index contributed by atoms with van der Waals surface area (Å²) in [7, 11) is -3.02. The Morgan fingerprint density at radius 1 is 0.891 bits per heavy atom. The minimum atomic E-state index is -3.02. The van der Waals surface area contributed by atoms with Gasteiger partial charge in [-0.25, -0.2) is 15.0 Å². The molecule has 12 heteroatoms. The van der Waals surface area contributed by atoms with Crippen molar-refractivity contribution in [1.29, 1.82) is 0 Å². The molecule has 0 aromatic carbocycles. The molecule has 0 saturated heterocycles. The fourth-order valence-corrected chi connectivity index (χ4v) is 8.54. The van der Waals surface area contributed by atoms with Crippen LogP contribution in [0.1, 0.15) is 131 Å². The van der Waals surface area contributed by atoms with E-state index in [0.717, 1.165) is 13.0 Å². The highest BCUT2D eigenvalue weighted by molar-refractivity contribution is 8.14. The van der Waals surface area contributed by atoms with Crippen molar-refractivity contribution in [1.82, 2.24) is 24.6 Å². The molecule has 0 fully saturated rings. The molecule has 2 aromatic rings. The zero-order valence-corrected chi connectivity index (χ0v) is 31.1. The topological polar surface area (TPSA) is 134 Å². The number of hydrogen-bond acceptors (Lipinski definition) is 9. The Morgan fingerprint density at radius 2 is 1.48 bits per heavy atom. The molecule has 2 aromatic heterocycles. The normalized spacial score (nSPS) is 14.6. The molecule has 0 aliphatic carbocycles. The van der Waals surface area contributed by atoms with Crippen LogP contribution in [-0.4, -0.2) is 67.8 Å². The molecule has 0 aliphatic rings. The smallest absolute Gasteiger partial charge is 0.206 e. The maximum atomic E-state index is 14.0. The average Bonchev–Trinajstić information content (AvgIpc) is 3.43. The van der Waals surface area contributed by atoms with Crippen LogP contribution in [0.4, 0.5) is 5.82 Å². The van der Waals surface area contributed by atoms with Crippen molar-refractivity contribution < 1.29 is 18.8 Å². The summed E-state index contributed by atoms with van der Waals surface area (Å²) in [6, 6.07) is -0.536. The van der Waals surface area contributed by atoms with E-state index >= 15 is 0 Å². The van der Waals surface area contributed by atoms with Crippen LogP contribution in [0.5, 0.6) is 0 Å². The number of thioether (sulfide) groups is 1. The van der Waals surface area contributed by atoms with Crippen LogP contribution >= 0.6 is 19.1 Å². The molecule has 46 heavy (non-hydrogen) atoms. The minimum absolute atomic E-state index is 0.0144. The van der Waals surface area contributed by atoms with Crippen LogP contribution < -0.4 is 10.8 Å². The van der Waals surface area contributed by atoms with Gasteiger partial charge in [0.1, 0.15) is 18.2 Å². The van der Waals surface area contributed by atoms with Crippen molar-refractivity contribution in [2.75, 3.05) is 31.5 Å². The number of fused-ring (bicyclic) bond motifs is 1. The van der Waals surface area contributed by atoms with E-state index in [0.29, 0.717) is 42.7 Å². The Morgan fingerprint density at radius 3 is 2.09 bits per heavy atom. The van der Waals surface area contributed by atoms with Crippen molar-refractivity contribution >= 4 is 41.2 Å². The standard InChI is InChI=1S/C34H63N6O4PS/c1-6-7-8-9-10-11-12-13-14-15-16-17-18-19-21-43-22-20-23-45(42,39-30(5)34(41)46-28(2)3)27-44-29(4)24-40-26-38-31-32(35)36-25-37-33(31)40/h25-26,28-30H,6-24,27H2,1-5H3,(H,39,42)(H2,35,36,37). The van der Waals surface area contributed by atoms with Gasteiger partial charge in [0.2, 0.25) is 5.12 Å². The van der Waals surface area contributed by atoms with Gasteiger partial charge in [0.05, 0.1) is 25.0 Å². The number of carbonyl (C=O) groups is 1. The summed E-state index contributed by atoms with van der Waals surface area (Å²) in [5.74, 6) is 0.329. The molecule has 264 valence electrons. The van der Waals surface area contributed by atoms with E-state index in [1.165, 1.54) is 102 Å². The van der Waals surface area contributed by atoms with E-state index in [9.17, 15) is 9.36 Å². The second-order valence-corrected chi connectivity index (χ2v) is 17.3. The molecule has 0 aliphatic heterocycles. The molecule has 0 amide bonds. The van der Waals surface area contributed by atoms with Crippen LogP contribution in [0, 0.1) is 0 Å². The van der Waals surface area contributed by atoms with Crippen molar-refractivity contribution in [2.24, 2.45) is 0 Å². The number of nitrogen functional groups attached to an aromatic ring is 1. The van der Waals surface area contributed by atoms with Crippen molar-refractivity contribution in [3.05, 3.63) is 12.7 Å². The number of aromatic nitrogens is 4. The molecule has 0 radical (unpaired) electrons. The second kappa shape index (κ2) is 23.7. The molecule has 3 unspecified atom stereocenters. The lowest BCUT2D eigenvalue weighted by Gasteiger charge is -2.25. The first kappa shape index (κ1) is 40.7. The lowest BCUT2D eigenvalue weighted by Crippen LogP contribution is -2.33. The van der Waals surface area contributed by atoms with Gasteiger partial charge >= 0.3 is 0 Å². The second-order valence-electron chi connectivity index (χ2n) is 12.9. The molecule has 10 nitrogen and oxygen atoms in total. The summed E-state index contributed by atoms with van der Waals surface area (Å²) in [4.78, 5) is 25.2. The summed E-state index contributed by atoms with van der Waals surface area (Å²) in [6.07, 6.45) is 22.6. The van der Waals surface area contributed by atoms with Crippen LogP contribution in [0.15, 0.2) is 12.7 Å². The highest BCUT2D eigenvalue weighted by Gasteiger charge is 2.28. The van der Waals surface area contributed by atoms with E-state index in [1.54, 1.807) is 13.3 Å². The number of ether oxygens (including phenoxy) is 2. The number of rotatable bonds is 28. The Kier molecular flexibility index (Phi) is 21.0. The molecule has 0 spiro atoms. The number of carbonyl (C=O) groups excluding carboxylic acids is 1. The van der Waals surface area contributed by atoms with E-state index < -0.39 is 13.3 Å². The summed E-state index contributed by atoms with van der Waals surface area (Å²) >= 11 is 1.26. The van der Waals surface area contributed by atoms with Gasteiger partial charge in [-0.15, -0.1) is 0 Å². The molecule has 2 rings (SSSR count). The van der Waals surface area contributed by atoms with Crippen LogP contribution in [0.3, 0.4) is 0 Å². The molecule has 0 saturated carbocycles. The summed E-state index contributed by atoms with van der Waals surface area (Å²) < 4.78 is 27.9. The summed E-state index contributed by atoms with van der Waals surface area (Å²) in [5.41, 5.74) is 7.09. The van der Waals surface area contributed by atoms with E-state index in [2.05, 4.69) is 27.0 Å². The van der Waals surface area contributed by atoms with Gasteiger partial charge in [0, 0.05) is 24.6 Å². The molecule has 0 bridgehead atoms. The minimum Gasteiger partial charge on any atom is -0.382 e. The Balaban J connectivity index is 1.67. The average molecular weight is 683 g/mol. The first-order chi connectivity index (χ1) is 22.1. The molecule has 2 heterocycles. The van der Waals surface area contributed by atoms with Gasteiger partial charge in [-0.3, -0.25) is 9.88 Å². The Bertz CT molecular complexity index is 1150. The van der Waals surface area contributed by atoms with E-state index in [-0.39, 0.29) is 22.8 Å². The lowest BCUT2D eigenvalue weighted by atomic mass is 10.0. The number of nitrogens with two attached hydrogens (primary N) is 1. The van der Waals surface area contributed by atoms with Crippen LogP contribution in [0.2, 0.25) is 0 Å². The third kappa shape index (κ3) is 17.0. The maximum Gasteiger partial charge on any atom is 0.206 e. The van der Waals surface area contributed by atoms with Crippen molar-refractivity contribution in [3.8, 4) is 0 Å². The lowest BCUT2D eigenvalue weighted by molar-refractivity contribution is -0.112. The van der Waals surface area contributed by atoms with Gasteiger partial charge in [0.15, 0.2) is 18.8 Å². The van der Waals surface area contributed by atoms with Crippen LogP contribution in [-0.2, 0) is 25.4 Å².